The van der Waals surface area contributed by atoms with Crippen molar-refractivity contribution >= 4 is 22.7 Å². The van der Waals surface area contributed by atoms with Crippen LogP contribution in [0.3, 0.4) is 0 Å². The molecule has 2 N–H and O–H groups in total. The van der Waals surface area contributed by atoms with E-state index in [1.165, 1.54) is 0 Å². The van der Waals surface area contributed by atoms with E-state index in [1.54, 1.807) is 12.4 Å². The Balaban J connectivity index is 0.000000187. The van der Waals surface area contributed by atoms with Crippen molar-refractivity contribution in [1.82, 2.24) is 10.2 Å². The van der Waals surface area contributed by atoms with Gasteiger partial charge in [-0.15, -0.1) is 0 Å². The fourth-order valence-electron chi connectivity index (χ4n) is 1.15. The number of fused-ring (bicyclic) bond motifs is 1. The highest BCUT2D eigenvalue weighted by Crippen LogP contribution is 2.08. The molecule has 18 heavy (non-hydrogen) atoms. The summed E-state index contributed by atoms with van der Waals surface area (Å²) in [5.74, 6) is -2.15. The lowest BCUT2D eigenvalue weighted by atomic mass is 10.2. The molecule has 6 nitrogen and oxygen atoms in total. The van der Waals surface area contributed by atoms with Crippen molar-refractivity contribution in [3.8, 4) is 0 Å². The molecule has 2 aromatic rings. The van der Waals surface area contributed by atoms with Crippen LogP contribution >= 0.6 is 0 Å². The summed E-state index contributed by atoms with van der Waals surface area (Å²) >= 11 is 0. The van der Waals surface area contributed by atoms with Crippen LogP contribution in [0.4, 0.5) is 0 Å². The van der Waals surface area contributed by atoms with Gasteiger partial charge in [-0.2, -0.15) is 10.2 Å². The largest absolute Gasteiger partial charge is 0.481 e. The summed E-state index contributed by atoms with van der Waals surface area (Å²) in [5, 5.41) is 25.6. The molecule has 0 aliphatic rings. The molecule has 0 saturated heterocycles. The first kappa shape index (κ1) is 13.6. The first-order chi connectivity index (χ1) is 8.59. The Morgan fingerprint density at radius 2 is 1.28 bits per heavy atom. The highest BCUT2D eigenvalue weighted by molar-refractivity contribution is 5.80. The van der Waals surface area contributed by atoms with Gasteiger partial charge in [-0.3, -0.25) is 9.59 Å². The van der Waals surface area contributed by atoms with Gasteiger partial charge in [-0.1, -0.05) is 24.3 Å². The molecular formula is C12H12N2O4. The van der Waals surface area contributed by atoms with E-state index in [-0.39, 0.29) is 12.8 Å². The first-order valence-electron chi connectivity index (χ1n) is 5.18. The van der Waals surface area contributed by atoms with Gasteiger partial charge in [-0.05, 0) is 0 Å². The molecule has 0 spiro atoms. The second kappa shape index (κ2) is 6.95. The maximum absolute atomic E-state index is 9.64. The summed E-state index contributed by atoms with van der Waals surface area (Å²) in [6.45, 7) is 0. The van der Waals surface area contributed by atoms with Gasteiger partial charge in [0.15, 0.2) is 0 Å². The molecule has 0 radical (unpaired) electrons. The number of carbonyl (C=O) groups is 2. The molecular weight excluding hydrogens is 236 g/mol. The van der Waals surface area contributed by atoms with E-state index in [9.17, 15) is 9.59 Å². The van der Waals surface area contributed by atoms with Crippen molar-refractivity contribution in [3.05, 3.63) is 36.7 Å². The van der Waals surface area contributed by atoms with E-state index >= 15 is 0 Å². The van der Waals surface area contributed by atoms with Crippen LogP contribution in [0.25, 0.3) is 10.8 Å². The minimum atomic E-state index is -1.08. The minimum absolute atomic E-state index is 0.296. The molecule has 94 valence electrons. The monoisotopic (exact) mass is 248 g/mol. The number of carboxylic acid groups (broad SMARTS) is 2. The second-order valence-corrected chi connectivity index (χ2v) is 3.41. The summed E-state index contributed by atoms with van der Waals surface area (Å²) < 4.78 is 0. The van der Waals surface area contributed by atoms with E-state index in [0.29, 0.717) is 0 Å². The van der Waals surface area contributed by atoms with Crippen LogP contribution in [0.5, 0.6) is 0 Å². The molecule has 0 amide bonds. The maximum Gasteiger partial charge on any atom is 0.303 e. The maximum atomic E-state index is 9.64. The Labute approximate surface area is 103 Å². The van der Waals surface area contributed by atoms with Crippen molar-refractivity contribution in [2.45, 2.75) is 12.8 Å². The second-order valence-electron chi connectivity index (χ2n) is 3.41. The minimum Gasteiger partial charge on any atom is -0.481 e. The normalized spacial score (nSPS) is 9.33. The number of aliphatic carboxylic acids is 2. The Morgan fingerprint density at radius 3 is 1.61 bits per heavy atom. The van der Waals surface area contributed by atoms with E-state index in [1.807, 2.05) is 24.3 Å². The molecule has 0 saturated carbocycles. The van der Waals surface area contributed by atoms with Crippen LogP contribution in [0.15, 0.2) is 36.7 Å². The zero-order chi connectivity index (χ0) is 13.4. The van der Waals surface area contributed by atoms with Crippen molar-refractivity contribution in [2.24, 2.45) is 0 Å². The Morgan fingerprint density at radius 1 is 0.889 bits per heavy atom. The van der Waals surface area contributed by atoms with Gasteiger partial charge >= 0.3 is 11.9 Å². The first-order valence-corrected chi connectivity index (χ1v) is 5.18. The van der Waals surface area contributed by atoms with Crippen LogP contribution in [-0.4, -0.2) is 32.3 Å². The number of nitrogens with zero attached hydrogens (tertiary/aromatic N) is 2. The Kier molecular flexibility index (Phi) is 5.24. The van der Waals surface area contributed by atoms with Gasteiger partial charge in [0.1, 0.15) is 0 Å². The fraction of sp³-hybridized carbons (Fsp3) is 0.167. The molecule has 0 aliphatic carbocycles. The summed E-state index contributed by atoms with van der Waals surface area (Å²) in [6, 6.07) is 8.02. The van der Waals surface area contributed by atoms with Crippen LogP contribution in [0, 0.1) is 0 Å². The van der Waals surface area contributed by atoms with Crippen LogP contribution in [-0.2, 0) is 9.59 Å². The topological polar surface area (TPSA) is 100 Å². The lowest BCUT2D eigenvalue weighted by Crippen LogP contribution is -2.00. The number of aromatic nitrogens is 2. The quantitative estimate of drug-likeness (QED) is 0.854. The predicted octanol–water partition coefficient (Wildman–Crippen LogP) is 1.57. The third-order valence-electron chi connectivity index (χ3n) is 2.01. The lowest BCUT2D eigenvalue weighted by Gasteiger charge is -1.90. The van der Waals surface area contributed by atoms with E-state index in [2.05, 4.69) is 10.2 Å². The number of hydrogen-bond donors (Lipinski definition) is 2. The predicted molar refractivity (Wildman–Crippen MR) is 64.0 cm³/mol. The molecule has 0 bridgehead atoms. The van der Waals surface area contributed by atoms with Gasteiger partial charge < -0.3 is 10.2 Å². The third-order valence-corrected chi connectivity index (χ3v) is 2.01. The number of hydrogen-bond acceptors (Lipinski definition) is 4. The molecule has 1 aromatic heterocycles. The van der Waals surface area contributed by atoms with Crippen molar-refractivity contribution < 1.29 is 19.8 Å². The van der Waals surface area contributed by atoms with Crippen LogP contribution in [0.2, 0.25) is 0 Å². The number of rotatable bonds is 3. The van der Waals surface area contributed by atoms with E-state index in [0.717, 1.165) is 10.8 Å². The van der Waals surface area contributed by atoms with Crippen LogP contribution in [0.1, 0.15) is 12.8 Å². The van der Waals surface area contributed by atoms with E-state index in [4.69, 9.17) is 10.2 Å². The zero-order valence-electron chi connectivity index (χ0n) is 9.48. The Bertz CT molecular complexity index is 463. The van der Waals surface area contributed by atoms with E-state index < -0.39 is 11.9 Å². The average molecular weight is 248 g/mol. The molecule has 0 unspecified atom stereocenters. The third kappa shape index (κ3) is 5.02. The molecule has 0 fully saturated rings. The summed E-state index contributed by atoms with van der Waals surface area (Å²) in [4.78, 5) is 19.3. The summed E-state index contributed by atoms with van der Waals surface area (Å²) in [6.07, 6.45) is 2.93. The smallest absolute Gasteiger partial charge is 0.303 e. The standard InChI is InChI=1S/C8H6N2.C4H6O4/c1-2-4-8-6-10-9-5-7(8)3-1;5-3(6)1-2-4(7)8/h1-6H;1-2H2,(H,5,6)(H,7,8). The molecule has 2 rings (SSSR count). The van der Waals surface area contributed by atoms with Crippen molar-refractivity contribution in [1.29, 1.82) is 0 Å². The van der Waals surface area contributed by atoms with Crippen molar-refractivity contribution in [2.75, 3.05) is 0 Å². The molecule has 6 heteroatoms. The van der Waals surface area contributed by atoms with Crippen LogP contribution < -0.4 is 0 Å². The Hall–Kier alpha value is -2.50. The summed E-state index contributed by atoms with van der Waals surface area (Å²) in [7, 11) is 0. The summed E-state index contributed by atoms with van der Waals surface area (Å²) in [5.41, 5.74) is 0. The highest BCUT2D eigenvalue weighted by atomic mass is 16.4. The molecule has 1 heterocycles. The lowest BCUT2D eigenvalue weighted by molar-refractivity contribution is -0.143. The molecule has 1 aromatic carbocycles. The van der Waals surface area contributed by atoms with Gasteiger partial charge in [0, 0.05) is 10.8 Å². The van der Waals surface area contributed by atoms with Gasteiger partial charge in [0.25, 0.3) is 0 Å². The zero-order valence-corrected chi connectivity index (χ0v) is 9.48. The van der Waals surface area contributed by atoms with Crippen molar-refractivity contribution in [3.63, 3.8) is 0 Å². The molecule has 0 aliphatic heterocycles. The van der Waals surface area contributed by atoms with Gasteiger partial charge in [0.05, 0.1) is 25.2 Å². The number of benzene rings is 1. The van der Waals surface area contributed by atoms with Gasteiger partial charge in [-0.25, -0.2) is 0 Å². The average Bonchev–Trinajstić information content (AvgIpc) is 2.37. The molecule has 0 atom stereocenters. The fourth-order valence-corrected chi connectivity index (χ4v) is 1.15. The SMILES string of the molecule is O=C(O)CCC(=O)O.c1ccc2cnncc2c1. The van der Waals surface area contributed by atoms with Gasteiger partial charge in [0.2, 0.25) is 0 Å². The highest BCUT2D eigenvalue weighted by Gasteiger charge is 2.00. The number of carboxylic acids is 2.